The molecule has 0 aromatic heterocycles. The van der Waals surface area contributed by atoms with Gasteiger partial charge >= 0.3 is 0 Å². The third-order valence-electron chi connectivity index (χ3n) is 4.04. The van der Waals surface area contributed by atoms with Gasteiger partial charge in [0.15, 0.2) is 0 Å². The highest BCUT2D eigenvalue weighted by atomic mass is 32.2. The second-order valence-corrected chi connectivity index (χ2v) is 7.98. The van der Waals surface area contributed by atoms with Crippen molar-refractivity contribution in [3.8, 4) is 0 Å². The highest BCUT2D eigenvalue weighted by Crippen LogP contribution is 2.29. The van der Waals surface area contributed by atoms with Crippen LogP contribution in [0.2, 0.25) is 0 Å². The molecule has 1 aromatic carbocycles. The fourth-order valence-electron chi connectivity index (χ4n) is 3.01. The molecule has 0 radical (unpaired) electrons. The number of piperidine rings is 1. The normalized spacial score (nSPS) is 18.3. The van der Waals surface area contributed by atoms with Crippen LogP contribution in [0.1, 0.15) is 18.4 Å². The average molecular weight is 311 g/mol. The fourth-order valence-corrected chi connectivity index (χ4v) is 4.80. The van der Waals surface area contributed by atoms with Gasteiger partial charge in [0.2, 0.25) is 10.0 Å². The standard InChI is InChI=1S/C15H25N3O2S/c1-12-5-4-6-14(16)15(12)21(19,20)18-9-7-13(8-10-18)11-17(2)3/h4-6,13H,7-11,16H2,1-3H3. The first-order valence-corrected chi connectivity index (χ1v) is 8.76. The van der Waals surface area contributed by atoms with Crippen LogP contribution in [-0.2, 0) is 10.0 Å². The fraction of sp³-hybridized carbons (Fsp3) is 0.600. The Morgan fingerprint density at radius 1 is 1.29 bits per heavy atom. The van der Waals surface area contributed by atoms with Gasteiger partial charge < -0.3 is 10.6 Å². The lowest BCUT2D eigenvalue weighted by Crippen LogP contribution is -2.41. The average Bonchev–Trinajstić information content (AvgIpc) is 2.38. The molecule has 0 atom stereocenters. The largest absolute Gasteiger partial charge is 0.398 e. The Balaban J connectivity index is 2.16. The number of anilines is 1. The zero-order chi connectivity index (χ0) is 15.6. The number of rotatable bonds is 4. The van der Waals surface area contributed by atoms with Gasteiger partial charge in [-0.3, -0.25) is 0 Å². The number of sulfonamides is 1. The van der Waals surface area contributed by atoms with E-state index in [9.17, 15) is 8.42 Å². The number of hydrogen-bond donors (Lipinski definition) is 1. The zero-order valence-electron chi connectivity index (χ0n) is 13.0. The quantitative estimate of drug-likeness (QED) is 0.857. The highest BCUT2D eigenvalue weighted by Gasteiger charge is 2.31. The van der Waals surface area contributed by atoms with Crippen LogP contribution < -0.4 is 5.73 Å². The summed E-state index contributed by atoms with van der Waals surface area (Å²) in [7, 11) is 0.625. The van der Waals surface area contributed by atoms with Crippen molar-refractivity contribution in [1.82, 2.24) is 9.21 Å². The molecule has 118 valence electrons. The summed E-state index contributed by atoms with van der Waals surface area (Å²) < 4.78 is 27.2. The van der Waals surface area contributed by atoms with Crippen LogP contribution in [0, 0.1) is 12.8 Å². The Morgan fingerprint density at radius 3 is 2.43 bits per heavy atom. The lowest BCUT2D eigenvalue weighted by Gasteiger charge is -2.33. The number of nitrogens with two attached hydrogens (primary N) is 1. The first kappa shape index (κ1) is 16.3. The van der Waals surface area contributed by atoms with Crippen molar-refractivity contribution < 1.29 is 8.42 Å². The van der Waals surface area contributed by atoms with E-state index in [1.807, 2.05) is 0 Å². The number of aryl methyl sites for hydroxylation is 1. The van der Waals surface area contributed by atoms with Crippen LogP contribution in [0.4, 0.5) is 5.69 Å². The van der Waals surface area contributed by atoms with E-state index in [0.29, 0.717) is 30.3 Å². The summed E-state index contributed by atoms with van der Waals surface area (Å²) in [5.74, 6) is 0.570. The van der Waals surface area contributed by atoms with Crippen molar-refractivity contribution in [3.05, 3.63) is 23.8 Å². The second-order valence-electron chi connectivity index (χ2n) is 6.10. The van der Waals surface area contributed by atoms with Crippen molar-refractivity contribution >= 4 is 15.7 Å². The Kier molecular flexibility index (Phi) is 4.91. The summed E-state index contributed by atoms with van der Waals surface area (Å²) in [6, 6.07) is 5.23. The van der Waals surface area contributed by atoms with Crippen molar-refractivity contribution in [3.63, 3.8) is 0 Å². The molecule has 2 rings (SSSR count). The molecule has 1 aromatic rings. The maximum Gasteiger partial charge on any atom is 0.245 e. The topological polar surface area (TPSA) is 66.6 Å². The van der Waals surface area contributed by atoms with Gasteiger partial charge in [0, 0.05) is 19.6 Å². The molecule has 0 bridgehead atoms. The highest BCUT2D eigenvalue weighted by molar-refractivity contribution is 7.89. The summed E-state index contributed by atoms with van der Waals surface area (Å²) in [6.07, 6.45) is 1.81. The molecule has 0 saturated carbocycles. The van der Waals surface area contributed by atoms with E-state index in [0.717, 1.165) is 19.4 Å². The van der Waals surface area contributed by atoms with Gasteiger partial charge in [-0.15, -0.1) is 0 Å². The summed E-state index contributed by atoms with van der Waals surface area (Å²) in [5.41, 5.74) is 6.95. The van der Waals surface area contributed by atoms with Gasteiger partial charge in [-0.25, -0.2) is 8.42 Å². The van der Waals surface area contributed by atoms with Crippen LogP contribution in [0.25, 0.3) is 0 Å². The molecule has 0 aliphatic carbocycles. The second kappa shape index (κ2) is 6.34. The van der Waals surface area contributed by atoms with Crippen molar-refractivity contribution in [1.29, 1.82) is 0 Å². The molecule has 0 unspecified atom stereocenters. The molecule has 0 spiro atoms. The van der Waals surface area contributed by atoms with Crippen molar-refractivity contribution in [2.75, 3.05) is 39.5 Å². The van der Waals surface area contributed by atoms with Gasteiger partial charge in [0.1, 0.15) is 4.90 Å². The van der Waals surface area contributed by atoms with E-state index < -0.39 is 10.0 Å². The predicted molar refractivity (Wildman–Crippen MR) is 85.6 cm³/mol. The lowest BCUT2D eigenvalue weighted by atomic mass is 9.98. The van der Waals surface area contributed by atoms with Gasteiger partial charge in [-0.05, 0) is 51.4 Å². The van der Waals surface area contributed by atoms with Gasteiger partial charge in [-0.2, -0.15) is 4.31 Å². The van der Waals surface area contributed by atoms with Gasteiger partial charge in [-0.1, -0.05) is 12.1 Å². The van der Waals surface area contributed by atoms with Crippen molar-refractivity contribution in [2.24, 2.45) is 5.92 Å². The third kappa shape index (κ3) is 3.56. The molecule has 1 saturated heterocycles. The molecule has 5 nitrogen and oxygen atoms in total. The zero-order valence-corrected chi connectivity index (χ0v) is 13.9. The predicted octanol–water partition coefficient (Wildman–Crippen LogP) is 1.54. The monoisotopic (exact) mass is 311 g/mol. The molecule has 0 amide bonds. The molecule has 1 heterocycles. The molecule has 1 fully saturated rings. The van der Waals surface area contributed by atoms with E-state index in [2.05, 4.69) is 19.0 Å². The number of hydrogen-bond acceptors (Lipinski definition) is 4. The number of benzene rings is 1. The molecule has 1 aliphatic rings. The lowest BCUT2D eigenvalue weighted by molar-refractivity contribution is 0.225. The van der Waals surface area contributed by atoms with E-state index >= 15 is 0 Å². The summed E-state index contributed by atoms with van der Waals surface area (Å²) in [5, 5.41) is 0. The van der Waals surface area contributed by atoms with Gasteiger partial charge in [0.05, 0.1) is 5.69 Å². The van der Waals surface area contributed by atoms with E-state index in [1.165, 1.54) is 0 Å². The molecule has 1 aliphatic heterocycles. The van der Waals surface area contributed by atoms with Crippen LogP contribution in [0.15, 0.2) is 23.1 Å². The maximum absolute atomic E-state index is 12.8. The number of nitrogens with zero attached hydrogens (tertiary/aromatic N) is 2. The molecular weight excluding hydrogens is 286 g/mol. The van der Waals surface area contributed by atoms with Gasteiger partial charge in [0.25, 0.3) is 0 Å². The van der Waals surface area contributed by atoms with Crippen LogP contribution in [0.3, 0.4) is 0 Å². The maximum atomic E-state index is 12.8. The Bertz CT molecular complexity index is 571. The van der Waals surface area contributed by atoms with E-state index in [4.69, 9.17) is 5.73 Å². The first-order valence-electron chi connectivity index (χ1n) is 7.32. The van der Waals surface area contributed by atoms with Crippen LogP contribution in [-0.4, -0.2) is 51.4 Å². The first-order chi connectivity index (χ1) is 9.82. The summed E-state index contributed by atoms with van der Waals surface area (Å²) >= 11 is 0. The minimum absolute atomic E-state index is 0.274. The smallest absolute Gasteiger partial charge is 0.245 e. The Hall–Kier alpha value is -1.11. The van der Waals surface area contributed by atoms with Crippen molar-refractivity contribution in [2.45, 2.75) is 24.7 Å². The minimum Gasteiger partial charge on any atom is -0.398 e. The number of nitrogen functional groups attached to an aromatic ring is 1. The summed E-state index contributed by atoms with van der Waals surface area (Å²) in [4.78, 5) is 2.44. The third-order valence-corrected chi connectivity index (χ3v) is 6.16. The van der Waals surface area contributed by atoms with E-state index in [1.54, 1.807) is 29.4 Å². The van der Waals surface area contributed by atoms with Crippen LogP contribution in [0.5, 0.6) is 0 Å². The Morgan fingerprint density at radius 2 is 1.90 bits per heavy atom. The minimum atomic E-state index is -3.48. The summed E-state index contributed by atoms with van der Waals surface area (Å²) in [6.45, 7) is 3.96. The molecular formula is C15H25N3O2S. The molecule has 2 N–H and O–H groups in total. The molecule has 6 heteroatoms. The SMILES string of the molecule is Cc1cccc(N)c1S(=O)(=O)N1CCC(CN(C)C)CC1. The molecule has 21 heavy (non-hydrogen) atoms. The van der Waals surface area contributed by atoms with E-state index in [-0.39, 0.29) is 4.90 Å². The Labute approximate surface area is 127 Å². The van der Waals surface area contributed by atoms with Crippen LogP contribution >= 0.6 is 0 Å².